The minimum absolute atomic E-state index is 0.0253. The number of carboxylic acids is 2. The molecule has 10 heteroatoms. The van der Waals surface area contributed by atoms with E-state index in [0.717, 1.165) is 6.54 Å². The van der Waals surface area contributed by atoms with Gasteiger partial charge in [-0.2, -0.15) is 0 Å². The molecule has 5 N–H and O–H groups in total. The van der Waals surface area contributed by atoms with Gasteiger partial charge in [0.2, 0.25) is 12.2 Å². The minimum Gasteiger partial charge on any atom is -0.478 e. The van der Waals surface area contributed by atoms with E-state index in [9.17, 15) is 29.4 Å². The third-order valence-electron chi connectivity index (χ3n) is 5.99. The first-order chi connectivity index (χ1) is 16.5. The molecule has 1 aliphatic rings. The molecule has 2 unspecified atom stereocenters. The van der Waals surface area contributed by atoms with Crippen LogP contribution in [0.15, 0.2) is 60.7 Å². The largest absolute Gasteiger partial charge is 0.478 e. The van der Waals surface area contributed by atoms with Crippen molar-refractivity contribution < 1.29 is 44.0 Å². The normalized spacial score (nSPS) is 19.2. The van der Waals surface area contributed by atoms with Crippen LogP contribution < -0.4 is 5.73 Å². The van der Waals surface area contributed by atoms with Crippen LogP contribution in [0.5, 0.6) is 0 Å². The molecule has 0 heterocycles. The Morgan fingerprint density at radius 1 is 0.800 bits per heavy atom. The van der Waals surface area contributed by atoms with Crippen molar-refractivity contribution in [2.75, 3.05) is 13.2 Å². The lowest BCUT2D eigenvalue weighted by Crippen LogP contribution is -2.45. The Hall–Kier alpha value is -3.76. The van der Waals surface area contributed by atoms with Gasteiger partial charge in [-0.25, -0.2) is 19.2 Å². The predicted octanol–water partition coefficient (Wildman–Crippen LogP) is 1.82. The van der Waals surface area contributed by atoms with Gasteiger partial charge in [0.25, 0.3) is 0 Å². The summed E-state index contributed by atoms with van der Waals surface area (Å²) in [5.41, 5.74) is 5.82. The summed E-state index contributed by atoms with van der Waals surface area (Å²) in [7, 11) is 0. The number of aliphatic hydroxyl groups is 1. The second-order valence-electron chi connectivity index (χ2n) is 8.51. The van der Waals surface area contributed by atoms with Crippen LogP contribution in [0.4, 0.5) is 0 Å². The number of carbonyl (C=O) groups excluding carboxylic acids is 2. The first kappa shape index (κ1) is 27.5. The van der Waals surface area contributed by atoms with Crippen LogP contribution in [0.25, 0.3) is 0 Å². The predicted molar refractivity (Wildman–Crippen MR) is 123 cm³/mol. The van der Waals surface area contributed by atoms with Gasteiger partial charge in [-0.15, -0.1) is 0 Å². The fourth-order valence-corrected chi connectivity index (χ4v) is 3.69. The van der Waals surface area contributed by atoms with Gasteiger partial charge in [0, 0.05) is 6.61 Å². The summed E-state index contributed by atoms with van der Waals surface area (Å²) in [5, 5.41) is 27.3. The molecular formula is C25H29NO9. The average Bonchev–Trinajstić information content (AvgIpc) is 3.41. The highest BCUT2D eigenvalue weighted by Gasteiger charge is 2.55. The quantitative estimate of drug-likeness (QED) is 0.382. The van der Waals surface area contributed by atoms with E-state index in [-0.39, 0.29) is 11.1 Å². The first-order valence-electron chi connectivity index (χ1n) is 10.8. The molecule has 1 saturated carbocycles. The van der Waals surface area contributed by atoms with E-state index in [2.05, 4.69) is 13.8 Å². The van der Waals surface area contributed by atoms with Crippen molar-refractivity contribution >= 4 is 23.9 Å². The lowest BCUT2D eigenvalue weighted by atomic mass is 10.1. The van der Waals surface area contributed by atoms with Gasteiger partial charge in [0.1, 0.15) is 0 Å². The number of rotatable bonds is 9. The van der Waals surface area contributed by atoms with Crippen LogP contribution in [-0.4, -0.2) is 64.6 Å². The van der Waals surface area contributed by atoms with Gasteiger partial charge in [-0.1, -0.05) is 50.2 Å². The van der Waals surface area contributed by atoms with Crippen molar-refractivity contribution in [2.24, 2.45) is 23.0 Å². The number of aliphatic carboxylic acids is 2. The van der Waals surface area contributed by atoms with E-state index in [1.807, 2.05) is 0 Å². The minimum atomic E-state index is -2.21. The third kappa shape index (κ3) is 7.11. The van der Waals surface area contributed by atoms with Crippen LogP contribution in [0.2, 0.25) is 0 Å². The molecule has 0 spiro atoms. The zero-order chi connectivity index (χ0) is 26.2. The molecule has 2 aromatic carbocycles. The average molecular weight is 488 g/mol. The second kappa shape index (κ2) is 12.1. The molecule has 0 radical (unpaired) electrons. The molecule has 0 amide bonds. The van der Waals surface area contributed by atoms with E-state index in [1.54, 1.807) is 12.1 Å². The number of aliphatic hydroxyl groups excluding tert-OH is 1. The third-order valence-corrected chi connectivity index (χ3v) is 5.99. The molecule has 0 aromatic heterocycles. The summed E-state index contributed by atoms with van der Waals surface area (Å²) in [6.07, 6.45) is -4.43. The van der Waals surface area contributed by atoms with Gasteiger partial charge >= 0.3 is 23.9 Å². The number of carboxylic acid groups (broad SMARTS) is 2. The van der Waals surface area contributed by atoms with Crippen LogP contribution in [0, 0.1) is 17.3 Å². The van der Waals surface area contributed by atoms with Crippen molar-refractivity contribution in [2.45, 2.75) is 26.1 Å². The zero-order valence-corrected chi connectivity index (χ0v) is 19.4. The molecule has 35 heavy (non-hydrogen) atoms. The number of nitrogens with two attached hydrogens (primary N) is 1. The van der Waals surface area contributed by atoms with Gasteiger partial charge in [-0.05, 0) is 48.1 Å². The molecule has 0 bridgehead atoms. The van der Waals surface area contributed by atoms with E-state index in [0.29, 0.717) is 23.9 Å². The lowest BCUT2D eigenvalue weighted by Gasteiger charge is -2.21. The summed E-state index contributed by atoms with van der Waals surface area (Å²) < 4.78 is 9.52. The maximum Gasteiger partial charge on any atom is 0.349 e. The van der Waals surface area contributed by atoms with E-state index in [1.165, 1.54) is 48.5 Å². The van der Waals surface area contributed by atoms with Crippen LogP contribution in [0.1, 0.15) is 34.6 Å². The van der Waals surface area contributed by atoms with Crippen molar-refractivity contribution in [3.05, 3.63) is 71.8 Å². The highest BCUT2D eigenvalue weighted by atomic mass is 16.6. The van der Waals surface area contributed by atoms with Gasteiger partial charge in [0.15, 0.2) is 0 Å². The molecular weight excluding hydrogens is 458 g/mol. The lowest BCUT2D eigenvalue weighted by molar-refractivity contribution is -0.166. The number of ether oxygens (including phenoxy) is 2. The molecule has 0 aliphatic heterocycles. The standard InChI is InChI=1S/C18H14O8.C7H15NO/c19-15(20)13(25-17(23)11-7-3-1-4-8-11)14(16(21)22)26-18(24)12-9-5-2-6-10-12;1-7(2)5(3-8)6(7)4-9/h1-10,13-14H,(H,19,20)(H,21,22);5-6,9H,3-4,8H2,1-2H3/t;5-,6+/m.0/s1. The first-order valence-corrected chi connectivity index (χ1v) is 10.8. The molecule has 3 rings (SSSR count). The Balaban J connectivity index is 0.000000402. The fraction of sp³-hybridized carbons (Fsp3) is 0.360. The second-order valence-corrected chi connectivity index (χ2v) is 8.51. The van der Waals surface area contributed by atoms with Gasteiger partial charge in [-0.3, -0.25) is 0 Å². The topological polar surface area (TPSA) is 173 Å². The molecule has 188 valence electrons. The van der Waals surface area contributed by atoms with Crippen molar-refractivity contribution in [3.63, 3.8) is 0 Å². The fourth-order valence-electron chi connectivity index (χ4n) is 3.69. The van der Waals surface area contributed by atoms with Crippen molar-refractivity contribution in [1.29, 1.82) is 0 Å². The summed E-state index contributed by atoms with van der Waals surface area (Å²) in [5.74, 6) is -4.62. The zero-order valence-electron chi connectivity index (χ0n) is 19.4. The smallest absolute Gasteiger partial charge is 0.349 e. The maximum atomic E-state index is 12.0. The maximum absolute atomic E-state index is 12.0. The van der Waals surface area contributed by atoms with E-state index < -0.39 is 36.1 Å². The molecule has 10 nitrogen and oxygen atoms in total. The summed E-state index contributed by atoms with van der Waals surface area (Å²) in [4.78, 5) is 46.8. The van der Waals surface area contributed by atoms with Crippen molar-refractivity contribution in [3.8, 4) is 0 Å². The number of carbonyl (C=O) groups is 4. The molecule has 0 saturated heterocycles. The number of benzene rings is 2. The number of hydrogen-bond donors (Lipinski definition) is 4. The Morgan fingerprint density at radius 3 is 1.40 bits per heavy atom. The van der Waals surface area contributed by atoms with Crippen molar-refractivity contribution in [1.82, 2.24) is 0 Å². The molecule has 1 fully saturated rings. The van der Waals surface area contributed by atoms with Crippen LogP contribution >= 0.6 is 0 Å². The molecule has 1 aliphatic carbocycles. The highest BCUT2D eigenvalue weighted by molar-refractivity contribution is 5.95. The highest BCUT2D eigenvalue weighted by Crippen LogP contribution is 2.56. The summed E-state index contributed by atoms with van der Waals surface area (Å²) >= 11 is 0. The summed E-state index contributed by atoms with van der Waals surface area (Å²) in [6.45, 7) is 5.34. The van der Waals surface area contributed by atoms with Crippen LogP contribution in [-0.2, 0) is 19.1 Å². The monoisotopic (exact) mass is 487 g/mol. The van der Waals surface area contributed by atoms with Crippen LogP contribution in [0.3, 0.4) is 0 Å². The molecule has 2 aromatic rings. The Kier molecular flexibility index (Phi) is 9.50. The Labute approximate surface area is 202 Å². The Bertz CT molecular complexity index is 942. The summed E-state index contributed by atoms with van der Waals surface area (Å²) in [6, 6.07) is 14.8. The SMILES string of the molecule is CC1(C)[C@H](CO)[C@@H]1CN.O=C(OC(C(=O)O)C(OC(=O)c1ccccc1)C(=O)O)c1ccccc1. The van der Waals surface area contributed by atoms with E-state index >= 15 is 0 Å². The number of esters is 2. The number of hydrogen-bond acceptors (Lipinski definition) is 8. The van der Waals surface area contributed by atoms with E-state index in [4.69, 9.17) is 20.3 Å². The molecule has 4 atom stereocenters. The Morgan fingerprint density at radius 2 is 1.17 bits per heavy atom. The van der Waals surface area contributed by atoms with Gasteiger partial charge < -0.3 is 30.5 Å². The van der Waals surface area contributed by atoms with Gasteiger partial charge in [0.05, 0.1) is 11.1 Å².